The highest BCUT2D eigenvalue weighted by molar-refractivity contribution is 7.98. The van der Waals surface area contributed by atoms with Gasteiger partial charge in [-0.1, -0.05) is 30.3 Å². The van der Waals surface area contributed by atoms with E-state index >= 15 is 0 Å². The van der Waals surface area contributed by atoms with Crippen LogP contribution in [0.3, 0.4) is 0 Å². The van der Waals surface area contributed by atoms with Crippen molar-refractivity contribution in [2.75, 3.05) is 18.2 Å². The van der Waals surface area contributed by atoms with Crippen molar-refractivity contribution in [3.05, 3.63) is 89.7 Å². The molecular weight excluding hydrogens is 448 g/mol. The van der Waals surface area contributed by atoms with Gasteiger partial charge >= 0.3 is 5.97 Å². The molecule has 2 aromatic heterocycles. The molecule has 0 atom stereocenters. The highest BCUT2D eigenvalue weighted by atomic mass is 32.2. The average Bonchev–Trinajstić information content (AvgIpc) is 3.30. The molecule has 0 bridgehead atoms. The number of anilines is 1. The third kappa shape index (κ3) is 4.87. The molecule has 7 nitrogen and oxygen atoms in total. The zero-order valence-corrected chi connectivity index (χ0v) is 19.9. The quantitative estimate of drug-likeness (QED) is 0.287. The third-order valence-corrected chi connectivity index (χ3v) is 5.87. The number of benzene rings is 2. The number of esters is 1. The van der Waals surface area contributed by atoms with Crippen molar-refractivity contribution in [1.29, 1.82) is 0 Å². The van der Waals surface area contributed by atoms with Crippen molar-refractivity contribution >= 4 is 29.3 Å². The molecule has 1 N–H and O–H groups in total. The molecule has 0 aliphatic heterocycles. The molecule has 34 heavy (non-hydrogen) atoms. The minimum absolute atomic E-state index is 0.217. The number of nitrogens with one attached hydrogen (secondary N) is 1. The lowest BCUT2D eigenvalue weighted by molar-refractivity contribution is 0.0519. The van der Waals surface area contributed by atoms with Crippen molar-refractivity contribution < 1.29 is 14.3 Å². The van der Waals surface area contributed by atoms with E-state index < -0.39 is 5.97 Å². The second-order valence-corrected chi connectivity index (χ2v) is 8.22. The van der Waals surface area contributed by atoms with Crippen LogP contribution in [0.4, 0.5) is 5.69 Å². The first-order chi connectivity index (χ1) is 16.5. The van der Waals surface area contributed by atoms with Gasteiger partial charge in [-0.25, -0.2) is 14.5 Å². The van der Waals surface area contributed by atoms with E-state index in [1.54, 1.807) is 36.0 Å². The molecule has 0 aliphatic rings. The van der Waals surface area contributed by atoms with Crippen molar-refractivity contribution in [3.8, 4) is 16.9 Å². The Morgan fingerprint density at radius 3 is 2.65 bits per heavy atom. The number of carbonyl (C=O) groups excluding carboxylic acids is 2. The van der Waals surface area contributed by atoms with Crippen LogP contribution in [0.25, 0.3) is 16.9 Å². The summed E-state index contributed by atoms with van der Waals surface area (Å²) in [5, 5.41) is 8.15. The maximum absolute atomic E-state index is 12.9. The van der Waals surface area contributed by atoms with Gasteiger partial charge in [0.25, 0.3) is 5.91 Å². The van der Waals surface area contributed by atoms with Crippen LogP contribution in [0, 0.1) is 6.92 Å². The molecule has 0 fully saturated rings. The van der Waals surface area contributed by atoms with Gasteiger partial charge in [0, 0.05) is 17.4 Å². The van der Waals surface area contributed by atoms with E-state index in [-0.39, 0.29) is 18.2 Å². The van der Waals surface area contributed by atoms with Gasteiger partial charge in [0.05, 0.1) is 23.6 Å². The lowest BCUT2D eigenvalue weighted by Gasteiger charge is -2.12. The molecule has 0 aliphatic carbocycles. The van der Waals surface area contributed by atoms with E-state index in [0.717, 1.165) is 16.8 Å². The first-order valence-electron chi connectivity index (χ1n) is 10.8. The number of hydrogen-bond donors (Lipinski definition) is 1. The van der Waals surface area contributed by atoms with Gasteiger partial charge in [0.1, 0.15) is 5.03 Å². The number of rotatable bonds is 7. The van der Waals surface area contributed by atoms with Crippen LogP contribution in [0.15, 0.2) is 78.0 Å². The van der Waals surface area contributed by atoms with Crippen LogP contribution in [0.2, 0.25) is 0 Å². The van der Waals surface area contributed by atoms with Crippen molar-refractivity contribution in [2.24, 2.45) is 0 Å². The summed E-state index contributed by atoms with van der Waals surface area (Å²) in [6.07, 6.45) is 3.55. The summed E-state index contributed by atoms with van der Waals surface area (Å²) >= 11 is 1.42. The largest absolute Gasteiger partial charge is 0.461 e. The Morgan fingerprint density at radius 1 is 1.06 bits per heavy atom. The maximum atomic E-state index is 12.9. The summed E-state index contributed by atoms with van der Waals surface area (Å²) in [5.41, 5.74) is 4.70. The lowest BCUT2D eigenvalue weighted by Crippen LogP contribution is -2.13. The number of amides is 1. The zero-order valence-electron chi connectivity index (χ0n) is 19.1. The molecule has 0 saturated heterocycles. The molecule has 0 unspecified atom stereocenters. The fraction of sp³-hybridized carbons (Fsp3) is 0.154. The minimum Gasteiger partial charge on any atom is -0.461 e. The smallest absolute Gasteiger partial charge is 0.358 e. The summed E-state index contributed by atoms with van der Waals surface area (Å²) in [6, 6.07) is 20.4. The minimum atomic E-state index is -0.485. The first-order valence-corrected chi connectivity index (χ1v) is 12.0. The fourth-order valence-corrected chi connectivity index (χ4v) is 4.10. The van der Waals surface area contributed by atoms with E-state index in [1.807, 2.05) is 61.7 Å². The van der Waals surface area contributed by atoms with Crippen molar-refractivity contribution in [1.82, 2.24) is 14.8 Å². The third-order valence-electron chi connectivity index (χ3n) is 5.16. The lowest BCUT2D eigenvalue weighted by atomic mass is 10.1. The Balaban J connectivity index is 1.73. The predicted molar refractivity (Wildman–Crippen MR) is 134 cm³/mol. The molecule has 4 aromatic rings. The number of para-hydroxylation sites is 1. The van der Waals surface area contributed by atoms with Crippen LogP contribution in [0.5, 0.6) is 0 Å². The molecule has 172 valence electrons. The molecule has 4 rings (SSSR count). The average molecular weight is 473 g/mol. The fourth-order valence-electron chi connectivity index (χ4n) is 3.56. The summed E-state index contributed by atoms with van der Waals surface area (Å²) < 4.78 is 6.90. The summed E-state index contributed by atoms with van der Waals surface area (Å²) in [7, 11) is 0. The number of carbonyl (C=O) groups is 2. The summed E-state index contributed by atoms with van der Waals surface area (Å²) in [4.78, 5) is 29.6. The van der Waals surface area contributed by atoms with E-state index in [2.05, 4.69) is 15.4 Å². The molecule has 0 radical (unpaired) electrons. The van der Waals surface area contributed by atoms with Crippen molar-refractivity contribution in [3.63, 3.8) is 0 Å². The standard InChI is InChI=1S/C26H24N4O3S/c1-4-33-26(32)21-16-23(30(29-21)22-13-6-5-9-17(22)2)18-10-7-11-19(15-18)28-24(31)20-12-8-14-27-25(20)34-3/h5-16H,4H2,1-3H3,(H,28,31). The first kappa shape index (κ1) is 23.3. The second kappa shape index (κ2) is 10.4. The molecule has 2 aromatic carbocycles. The number of ether oxygens (including phenoxy) is 1. The van der Waals surface area contributed by atoms with Gasteiger partial charge in [-0.3, -0.25) is 4.79 Å². The molecule has 8 heteroatoms. The van der Waals surface area contributed by atoms with Crippen LogP contribution < -0.4 is 5.32 Å². The van der Waals surface area contributed by atoms with Gasteiger partial charge in [-0.2, -0.15) is 5.10 Å². The maximum Gasteiger partial charge on any atom is 0.358 e. The number of aromatic nitrogens is 3. The van der Waals surface area contributed by atoms with E-state index in [9.17, 15) is 9.59 Å². The van der Waals surface area contributed by atoms with Crippen molar-refractivity contribution in [2.45, 2.75) is 18.9 Å². The number of nitrogens with zero attached hydrogens (tertiary/aromatic N) is 3. The molecule has 1 amide bonds. The predicted octanol–water partition coefficient (Wildman–Crippen LogP) is 5.39. The van der Waals surface area contributed by atoms with E-state index in [4.69, 9.17) is 4.74 Å². The van der Waals surface area contributed by atoms with Crippen LogP contribution >= 0.6 is 11.8 Å². The van der Waals surface area contributed by atoms with Crippen LogP contribution in [0.1, 0.15) is 33.3 Å². The highest BCUT2D eigenvalue weighted by Gasteiger charge is 2.19. The Bertz CT molecular complexity index is 1350. The highest BCUT2D eigenvalue weighted by Crippen LogP contribution is 2.28. The van der Waals surface area contributed by atoms with E-state index in [0.29, 0.717) is 22.0 Å². The summed E-state index contributed by atoms with van der Waals surface area (Å²) in [5.74, 6) is -0.726. The zero-order chi connectivity index (χ0) is 24.1. The SMILES string of the molecule is CCOC(=O)c1cc(-c2cccc(NC(=O)c3cccnc3SC)c2)n(-c2ccccc2C)n1. The Hall–Kier alpha value is -3.91. The molecular formula is C26H24N4O3S. The monoisotopic (exact) mass is 472 g/mol. The number of hydrogen-bond acceptors (Lipinski definition) is 6. The Labute approximate surface area is 202 Å². The van der Waals surface area contributed by atoms with E-state index in [1.165, 1.54) is 11.8 Å². The van der Waals surface area contributed by atoms with Crippen LogP contribution in [-0.2, 0) is 4.74 Å². The number of aryl methyl sites for hydroxylation is 1. The topological polar surface area (TPSA) is 86.1 Å². The second-order valence-electron chi connectivity index (χ2n) is 7.43. The Morgan fingerprint density at radius 2 is 1.88 bits per heavy atom. The Kier molecular flexibility index (Phi) is 7.08. The van der Waals surface area contributed by atoms with Gasteiger partial charge in [0.15, 0.2) is 5.69 Å². The van der Waals surface area contributed by atoms with Gasteiger partial charge in [0.2, 0.25) is 0 Å². The normalized spacial score (nSPS) is 10.7. The van der Waals surface area contributed by atoms with Gasteiger partial charge in [-0.05, 0) is 62.1 Å². The summed E-state index contributed by atoms with van der Waals surface area (Å²) in [6.45, 7) is 4.01. The van der Waals surface area contributed by atoms with Gasteiger partial charge < -0.3 is 10.1 Å². The molecule has 0 spiro atoms. The molecule has 2 heterocycles. The van der Waals surface area contributed by atoms with Crippen LogP contribution in [-0.4, -0.2) is 39.5 Å². The number of thioether (sulfide) groups is 1. The van der Waals surface area contributed by atoms with Gasteiger partial charge in [-0.15, -0.1) is 11.8 Å². The molecule has 0 saturated carbocycles. The number of pyridine rings is 1.